The van der Waals surface area contributed by atoms with Gasteiger partial charge < -0.3 is 15.5 Å². The number of anilines is 2. The Labute approximate surface area is 163 Å². The number of H-pyrrole nitrogens is 1. The van der Waals surface area contributed by atoms with Crippen molar-refractivity contribution in [3.63, 3.8) is 0 Å². The number of nitrogen functional groups attached to an aromatic ring is 1. The standard InChI is InChI=1S/C15H17ClN8O2S/c1-4-26-10-7(16)5-18-14(22-10)24-12(25)15(2,3)27-11-8-9(20-6-19-8)21-13(17)23-11/h5-6H,4H2,1-3H3,(H,18,22,24,25)(H3,17,19,20,21,23). The summed E-state index contributed by atoms with van der Waals surface area (Å²) in [6.07, 6.45) is 2.86. The van der Waals surface area contributed by atoms with Crippen molar-refractivity contribution in [1.82, 2.24) is 29.9 Å². The van der Waals surface area contributed by atoms with Crippen molar-refractivity contribution in [3.8, 4) is 5.88 Å². The SMILES string of the molecule is CCOc1nc(NC(=O)C(C)(C)Sc2nc(N)nc3nc[nH]c23)ncc1Cl. The van der Waals surface area contributed by atoms with Gasteiger partial charge in [-0.2, -0.15) is 9.97 Å². The maximum Gasteiger partial charge on any atom is 0.242 e. The average Bonchev–Trinajstić information content (AvgIpc) is 3.06. The van der Waals surface area contributed by atoms with Gasteiger partial charge in [0.05, 0.1) is 23.9 Å². The fourth-order valence-electron chi connectivity index (χ4n) is 2.09. The molecule has 3 aromatic heterocycles. The number of hydrogen-bond acceptors (Lipinski definition) is 9. The Morgan fingerprint density at radius 2 is 2.15 bits per heavy atom. The smallest absolute Gasteiger partial charge is 0.242 e. The second-order valence-electron chi connectivity index (χ2n) is 5.83. The van der Waals surface area contributed by atoms with Crippen LogP contribution < -0.4 is 15.8 Å². The van der Waals surface area contributed by atoms with Crippen molar-refractivity contribution in [1.29, 1.82) is 0 Å². The number of thioether (sulfide) groups is 1. The number of amides is 1. The van der Waals surface area contributed by atoms with E-state index < -0.39 is 4.75 Å². The molecule has 0 bridgehead atoms. The maximum absolute atomic E-state index is 12.8. The molecule has 10 nitrogen and oxygen atoms in total. The molecule has 3 heterocycles. The molecule has 0 spiro atoms. The third kappa shape index (κ3) is 4.19. The number of fused-ring (bicyclic) bond motifs is 1. The molecule has 4 N–H and O–H groups in total. The summed E-state index contributed by atoms with van der Waals surface area (Å²) in [6, 6.07) is 0. The van der Waals surface area contributed by atoms with Crippen molar-refractivity contribution in [2.75, 3.05) is 17.7 Å². The van der Waals surface area contributed by atoms with E-state index in [2.05, 4.69) is 35.2 Å². The molecule has 0 aliphatic carbocycles. The van der Waals surface area contributed by atoms with Crippen LogP contribution in [0.25, 0.3) is 11.2 Å². The molecule has 12 heteroatoms. The van der Waals surface area contributed by atoms with Gasteiger partial charge in [0.15, 0.2) is 5.65 Å². The highest BCUT2D eigenvalue weighted by atomic mass is 35.5. The molecule has 0 radical (unpaired) electrons. The number of carbonyl (C=O) groups excluding carboxylic acids is 1. The molecule has 3 aromatic rings. The predicted molar refractivity (Wildman–Crippen MR) is 103 cm³/mol. The summed E-state index contributed by atoms with van der Waals surface area (Å²) in [5.74, 6) is 0.0471. The largest absolute Gasteiger partial charge is 0.477 e. The van der Waals surface area contributed by atoms with Crippen molar-refractivity contribution < 1.29 is 9.53 Å². The van der Waals surface area contributed by atoms with Crippen molar-refractivity contribution >= 4 is 52.3 Å². The number of nitrogens with zero attached hydrogens (tertiary/aromatic N) is 5. The van der Waals surface area contributed by atoms with E-state index in [1.54, 1.807) is 20.8 Å². The highest BCUT2D eigenvalue weighted by molar-refractivity contribution is 8.01. The lowest BCUT2D eigenvalue weighted by molar-refractivity contribution is -0.117. The van der Waals surface area contributed by atoms with Crippen LogP contribution in [0.3, 0.4) is 0 Å². The summed E-state index contributed by atoms with van der Waals surface area (Å²) < 4.78 is 4.39. The van der Waals surface area contributed by atoms with Crippen LogP contribution in [0.2, 0.25) is 5.02 Å². The van der Waals surface area contributed by atoms with E-state index in [1.165, 1.54) is 24.3 Å². The highest BCUT2D eigenvalue weighted by Gasteiger charge is 2.32. The van der Waals surface area contributed by atoms with E-state index in [1.807, 2.05) is 0 Å². The quantitative estimate of drug-likeness (QED) is 0.413. The molecule has 0 saturated heterocycles. The molecule has 0 aromatic carbocycles. The van der Waals surface area contributed by atoms with Crippen molar-refractivity contribution in [2.45, 2.75) is 30.5 Å². The van der Waals surface area contributed by atoms with Crippen molar-refractivity contribution in [2.24, 2.45) is 0 Å². The Kier molecular flexibility index (Phi) is 5.33. The summed E-state index contributed by atoms with van der Waals surface area (Å²) in [4.78, 5) is 36.2. The lowest BCUT2D eigenvalue weighted by Crippen LogP contribution is -2.34. The van der Waals surface area contributed by atoms with E-state index in [4.69, 9.17) is 22.1 Å². The zero-order chi connectivity index (χ0) is 19.6. The first-order valence-corrected chi connectivity index (χ1v) is 9.12. The number of carbonyl (C=O) groups is 1. The van der Waals surface area contributed by atoms with Gasteiger partial charge in [-0.15, -0.1) is 0 Å². The van der Waals surface area contributed by atoms with Gasteiger partial charge >= 0.3 is 0 Å². The number of nitrogens with two attached hydrogens (primary N) is 1. The third-order valence-electron chi connectivity index (χ3n) is 3.39. The minimum Gasteiger partial charge on any atom is -0.477 e. The molecule has 0 atom stereocenters. The molecule has 142 valence electrons. The molecule has 1 amide bonds. The summed E-state index contributed by atoms with van der Waals surface area (Å²) in [6.45, 7) is 5.68. The molecule has 0 saturated carbocycles. The zero-order valence-electron chi connectivity index (χ0n) is 14.8. The summed E-state index contributed by atoms with van der Waals surface area (Å²) in [7, 11) is 0. The van der Waals surface area contributed by atoms with Crippen LogP contribution in [0, 0.1) is 0 Å². The van der Waals surface area contributed by atoms with Gasteiger partial charge in [0, 0.05) is 0 Å². The van der Waals surface area contributed by atoms with Gasteiger partial charge in [0.1, 0.15) is 15.6 Å². The number of halogens is 1. The van der Waals surface area contributed by atoms with Crippen LogP contribution in [0.15, 0.2) is 17.6 Å². The lowest BCUT2D eigenvalue weighted by atomic mass is 10.2. The summed E-state index contributed by atoms with van der Waals surface area (Å²) in [5.41, 5.74) is 6.77. The highest BCUT2D eigenvalue weighted by Crippen LogP contribution is 2.35. The lowest BCUT2D eigenvalue weighted by Gasteiger charge is -2.22. The monoisotopic (exact) mass is 408 g/mol. The fourth-order valence-corrected chi connectivity index (χ4v) is 3.25. The molecule has 27 heavy (non-hydrogen) atoms. The molecule has 0 aliphatic rings. The molecular formula is C15H17ClN8O2S. The van der Waals surface area contributed by atoms with Gasteiger partial charge in [-0.25, -0.2) is 15.0 Å². The van der Waals surface area contributed by atoms with Crippen LogP contribution in [0.4, 0.5) is 11.9 Å². The van der Waals surface area contributed by atoms with Crippen LogP contribution >= 0.6 is 23.4 Å². The van der Waals surface area contributed by atoms with Crippen molar-refractivity contribution in [3.05, 3.63) is 17.5 Å². The molecule has 0 fully saturated rings. The molecule has 0 aliphatic heterocycles. The first-order chi connectivity index (χ1) is 12.8. The number of rotatable bonds is 6. The van der Waals surface area contributed by atoms with Gasteiger partial charge in [0.25, 0.3) is 0 Å². The maximum atomic E-state index is 12.8. The number of nitrogens with one attached hydrogen (secondary N) is 2. The van der Waals surface area contributed by atoms with Crippen LogP contribution in [0.5, 0.6) is 5.88 Å². The van der Waals surface area contributed by atoms with Gasteiger partial charge in [-0.1, -0.05) is 23.4 Å². The first-order valence-electron chi connectivity index (χ1n) is 7.92. The number of hydrogen-bond donors (Lipinski definition) is 3. The number of aromatic amines is 1. The zero-order valence-corrected chi connectivity index (χ0v) is 16.4. The minimum atomic E-state index is -0.923. The minimum absolute atomic E-state index is 0.0794. The number of imidazole rings is 1. The Bertz CT molecular complexity index is 993. The molecule has 0 unspecified atom stereocenters. The Hall–Kier alpha value is -2.66. The topological polar surface area (TPSA) is 145 Å². The first kappa shape index (κ1) is 19.1. The summed E-state index contributed by atoms with van der Waals surface area (Å²) in [5, 5.41) is 3.45. The third-order valence-corrected chi connectivity index (χ3v) is 4.83. The number of aromatic nitrogens is 6. The normalized spacial score (nSPS) is 11.6. The fraction of sp³-hybridized carbons (Fsp3) is 0.333. The Morgan fingerprint density at radius 1 is 1.37 bits per heavy atom. The van der Waals surface area contributed by atoms with E-state index >= 15 is 0 Å². The average molecular weight is 409 g/mol. The Balaban J connectivity index is 1.81. The molecule has 3 rings (SSSR count). The second kappa shape index (κ2) is 7.53. The predicted octanol–water partition coefficient (Wildman–Crippen LogP) is 2.29. The summed E-state index contributed by atoms with van der Waals surface area (Å²) >= 11 is 7.18. The Morgan fingerprint density at radius 3 is 2.89 bits per heavy atom. The van der Waals surface area contributed by atoms with E-state index in [0.29, 0.717) is 22.8 Å². The van der Waals surface area contributed by atoms with E-state index in [-0.39, 0.29) is 28.7 Å². The molecular weight excluding hydrogens is 392 g/mol. The van der Waals surface area contributed by atoms with Crippen LogP contribution in [0.1, 0.15) is 20.8 Å². The van der Waals surface area contributed by atoms with E-state index in [0.717, 1.165) is 0 Å². The van der Waals surface area contributed by atoms with Crippen LogP contribution in [-0.2, 0) is 4.79 Å². The number of ether oxygens (including phenoxy) is 1. The van der Waals surface area contributed by atoms with Gasteiger partial charge in [-0.05, 0) is 20.8 Å². The van der Waals surface area contributed by atoms with Crippen LogP contribution in [-0.4, -0.2) is 47.2 Å². The van der Waals surface area contributed by atoms with Gasteiger partial charge in [0.2, 0.25) is 23.7 Å². The van der Waals surface area contributed by atoms with E-state index in [9.17, 15) is 4.79 Å². The van der Waals surface area contributed by atoms with Gasteiger partial charge in [-0.3, -0.25) is 10.1 Å². The second-order valence-corrected chi connectivity index (χ2v) is 7.85.